The molecule has 18 heavy (non-hydrogen) atoms. The van der Waals surface area contributed by atoms with Crippen LogP contribution in [0.25, 0.3) is 0 Å². The van der Waals surface area contributed by atoms with Crippen LogP contribution >= 0.6 is 0 Å². The molecule has 1 amide bonds. The molecule has 1 aromatic carbocycles. The molecule has 1 atom stereocenters. The molecule has 0 saturated heterocycles. The summed E-state index contributed by atoms with van der Waals surface area (Å²) < 4.78 is 0. The van der Waals surface area contributed by atoms with E-state index in [9.17, 15) is 4.79 Å². The average Bonchev–Trinajstić information content (AvgIpc) is 2.43. The smallest absolute Gasteiger partial charge is 0.251 e. The number of carbonyl (C=O) groups excluding carboxylic acids is 1. The van der Waals surface area contributed by atoms with Crippen LogP contribution in [0.5, 0.6) is 0 Å². The van der Waals surface area contributed by atoms with Gasteiger partial charge in [-0.25, -0.2) is 0 Å². The molecule has 1 aromatic rings. The molecule has 0 aliphatic heterocycles. The van der Waals surface area contributed by atoms with Gasteiger partial charge in [0.25, 0.3) is 5.91 Å². The standard InChI is InChI=1S/C15H24N2O/c1-3-12-5-7-14(8-6-12)15(18)17-11-13(4-2)9-10-16/h5-8,13H,3-4,9-11,16H2,1-2H3,(H,17,18). The molecule has 0 aliphatic carbocycles. The minimum Gasteiger partial charge on any atom is -0.352 e. The fourth-order valence-electron chi connectivity index (χ4n) is 1.92. The van der Waals surface area contributed by atoms with Gasteiger partial charge in [-0.15, -0.1) is 0 Å². The van der Waals surface area contributed by atoms with Crippen molar-refractivity contribution >= 4 is 5.91 Å². The number of nitrogens with two attached hydrogens (primary N) is 1. The van der Waals surface area contributed by atoms with Crippen LogP contribution in [0.1, 0.15) is 42.6 Å². The number of amides is 1. The summed E-state index contributed by atoms with van der Waals surface area (Å²) in [6.07, 6.45) is 3.01. The molecule has 0 radical (unpaired) electrons. The van der Waals surface area contributed by atoms with Crippen molar-refractivity contribution in [1.29, 1.82) is 0 Å². The van der Waals surface area contributed by atoms with Crippen LogP contribution in [0.3, 0.4) is 0 Å². The van der Waals surface area contributed by atoms with E-state index in [0.717, 1.165) is 24.8 Å². The van der Waals surface area contributed by atoms with Crippen molar-refractivity contribution < 1.29 is 4.79 Å². The van der Waals surface area contributed by atoms with Crippen molar-refractivity contribution in [3.05, 3.63) is 35.4 Å². The van der Waals surface area contributed by atoms with Gasteiger partial charge in [0, 0.05) is 12.1 Å². The molecule has 0 aliphatic rings. The highest BCUT2D eigenvalue weighted by molar-refractivity contribution is 5.94. The van der Waals surface area contributed by atoms with Crippen LogP contribution in [0.4, 0.5) is 0 Å². The van der Waals surface area contributed by atoms with Crippen LogP contribution in [0.2, 0.25) is 0 Å². The van der Waals surface area contributed by atoms with Gasteiger partial charge in [0.1, 0.15) is 0 Å². The summed E-state index contributed by atoms with van der Waals surface area (Å²) in [7, 11) is 0. The van der Waals surface area contributed by atoms with Crippen LogP contribution < -0.4 is 11.1 Å². The third-order valence-corrected chi connectivity index (χ3v) is 3.33. The highest BCUT2D eigenvalue weighted by atomic mass is 16.1. The van der Waals surface area contributed by atoms with Gasteiger partial charge in [-0.2, -0.15) is 0 Å². The first-order valence-corrected chi connectivity index (χ1v) is 6.78. The first-order valence-electron chi connectivity index (χ1n) is 6.78. The van der Waals surface area contributed by atoms with Crippen molar-refractivity contribution in [3.8, 4) is 0 Å². The summed E-state index contributed by atoms with van der Waals surface area (Å²) in [5.74, 6) is 0.488. The molecule has 3 heteroatoms. The zero-order valence-corrected chi connectivity index (χ0v) is 11.4. The fraction of sp³-hybridized carbons (Fsp3) is 0.533. The van der Waals surface area contributed by atoms with E-state index in [1.807, 2.05) is 24.3 Å². The lowest BCUT2D eigenvalue weighted by atomic mass is 10.0. The van der Waals surface area contributed by atoms with Crippen molar-refractivity contribution in [1.82, 2.24) is 5.32 Å². The monoisotopic (exact) mass is 248 g/mol. The Hall–Kier alpha value is -1.35. The normalized spacial score (nSPS) is 12.2. The van der Waals surface area contributed by atoms with E-state index in [0.29, 0.717) is 19.0 Å². The first kappa shape index (κ1) is 14.7. The lowest BCUT2D eigenvalue weighted by molar-refractivity contribution is 0.0946. The maximum atomic E-state index is 11.9. The van der Waals surface area contributed by atoms with E-state index in [4.69, 9.17) is 5.73 Å². The molecule has 3 nitrogen and oxygen atoms in total. The molecule has 0 aromatic heterocycles. The number of aryl methyl sites for hydroxylation is 1. The van der Waals surface area contributed by atoms with E-state index in [2.05, 4.69) is 19.2 Å². The number of benzene rings is 1. The Bertz CT molecular complexity index is 359. The van der Waals surface area contributed by atoms with Gasteiger partial charge in [-0.1, -0.05) is 32.4 Å². The molecule has 1 rings (SSSR count). The minimum absolute atomic E-state index is 0.00752. The van der Waals surface area contributed by atoms with Crippen LogP contribution in [-0.2, 0) is 6.42 Å². The molecule has 0 fully saturated rings. The van der Waals surface area contributed by atoms with E-state index < -0.39 is 0 Å². The Morgan fingerprint density at radius 1 is 1.28 bits per heavy atom. The number of carbonyl (C=O) groups is 1. The summed E-state index contributed by atoms with van der Waals surface area (Å²) in [6, 6.07) is 7.79. The third-order valence-electron chi connectivity index (χ3n) is 3.33. The average molecular weight is 248 g/mol. The highest BCUT2D eigenvalue weighted by Gasteiger charge is 2.09. The fourth-order valence-corrected chi connectivity index (χ4v) is 1.92. The van der Waals surface area contributed by atoms with Gasteiger partial charge < -0.3 is 11.1 Å². The molecule has 100 valence electrons. The first-order chi connectivity index (χ1) is 8.71. The van der Waals surface area contributed by atoms with Gasteiger partial charge in [-0.3, -0.25) is 4.79 Å². The quantitative estimate of drug-likeness (QED) is 0.778. The second-order valence-corrected chi connectivity index (χ2v) is 4.61. The Morgan fingerprint density at radius 2 is 1.94 bits per heavy atom. The molecule has 1 unspecified atom stereocenters. The summed E-state index contributed by atoms with van der Waals surface area (Å²) in [5, 5.41) is 2.98. The molecular weight excluding hydrogens is 224 g/mol. The number of nitrogens with one attached hydrogen (secondary N) is 1. The van der Waals surface area contributed by atoms with Crippen LogP contribution in [0, 0.1) is 5.92 Å². The molecular formula is C15H24N2O. The van der Waals surface area contributed by atoms with E-state index >= 15 is 0 Å². The number of hydrogen-bond acceptors (Lipinski definition) is 2. The van der Waals surface area contributed by atoms with Gasteiger partial charge in [0.05, 0.1) is 0 Å². The molecule has 0 saturated carbocycles. The Balaban J connectivity index is 2.48. The third kappa shape index (κ3) is 4.49. The molecule has 0 heterocycles. The van der Waals surface area contributed by atoms with E-state index in [-0.39, 0.29) is 5.91 Å². The zero-order valence-electron chi connectivity index (χ0n) is 11.4. The predicted octanol–water partition coefficient (Wildman–Crippen LogP) is 2.35. The lowest BCUT2D eigenvalue weighted by Gasteiger charge is -2.14. The summed E-state index contributed by atoms with van der Waals surface area (Å²) in [4.78, 5) is 11.9. The van der Waals surface area contributed by atoms with Gasteiger partial charge in [0.15, 0.2) is 0 Å². The van der Waals surface area contributed by atoms with Crippen molar-refractivity contribution in [2.45, 2.75) is 33.1 Å². The maximum Gasteiger partial charge on any atom is 0.251 e. The topological polar surface area (TPSA) is 55.1 Å². The Morgan fingerprint density at radius 3 is 2.44 bits per heavy atom. The number of hydrogen-bond donors (Lipinski definition) is 2. The Kier molecular flexibility index (Phi) is 6.44. The van der Waals surface area contributed by atoms with Crippen molar-refractivity contribution in [2.75, 3.05) is 13.1 Å². The van der Waals surface area contributed by atoms with Gasteiger partial charge in [0.2, 0.25) is 0 Å². The minimum atomic E-state index is 0.00752. The summed E-state index contributed by atoms with van der Waals surface area (Å²) in [6.45, 7) is 5.62. The molecule has 0 bridgehead atoms. The van der Waals surface area contributed by atoms with E-state index in [1.165, 1.54) is 5.56 Å². The second kappa shape index (κ2) is 7.88. The van der Waals surface area contributed by atoms with Crippen molar-refractivity contribution in [2.24, 2.45) is 11.7 Å². The molecule has 3 N–H and O–H groups in total. The zero-order chi connectivity index (χ0) is 13.4. The molecule has 0 spiro atoms. The largest absolute Gasteiger partial charge is 0.352 e. The van der Waals surface area contributed by atoms with E-state index in [1.54, 1.807) is 0 Å². The van der Waals surface area contributed by atoms with Crippen molar-refractivity contribution in [3.63, 3.8) is 0 Å². The Labute approximate surface area is 110 Å². The summed E-state index contributed by atoms with van der Waals surface area (Å²) >= 11 is 0. The van der Waals surface area contributed by atoms with Crippen LogP contribution in [-0.4, -0.2) is 19.0 Å². The predicted molar refractivity (Wildman–Crippen MR) is 75.6 cm³/mol. The SMILES string of the molecule is CCc1ccc(C(=O)NCC(CC)CCN)cc1. The maximum absolute atomic E-state index is 11.9. The van der Waals surface area contributed by atoms with Gasteiger partial charge in [-0.05, 0) is 43.0 Å². The van der Waals surface area contributed by atoms with Gasteiger partial charge >= 0.3 is 0 Å². The van der Waals surface area contributed by atoms with Crippen LogP contribution in [0.15, 0.2) is 24.3 Å². The number of rotatable bonds is 7. The lowest BCUT2D eigenvalue weighted by Crippen LogP contribution is -2.30. The highest BCUT2D eigenvalue weighted by Crippen LogP contribution is 2.07. The summed E-state index contributed by atoms with van der Waals surface area (Å²) in [5.41, 5.74) is 7.52. The second-order valence-electron chi connectivity index (χ2n) is 4.61.